The molecule has 0 radical (unpaired) electrons. The van der Waals surface area contributed by atoms with E-state index >= 15 is 0 Å². The molecule has 4 aromatic carbocycles. The van der Waals surface area contributed by atoms with Gasteiger partial charge in [-0.3, -0.25) is 14.2 Å². The van der Waals surface area contributed by atoms with Crippen LogP contribution in [-0.4, -0.2) is 15.0 Å². The van der Waals surface area contributed by atoms with E-state index in [1.165, 1.54) is 16.9 Å². The van der Waals surface area contributed by atoms with Gasteiger partial charge in [0.25, 0.3) is 11.5 Å². The summed E-state index contributed by atoms with van der Waals surface area (Å²) in [5.74, 6) is 0.0695. The number of nitrogens with one attached hydrogen (secondary N) is 1. The van der Waals surface area contributed by atoms with Gasteiger partial charge >= 0.3 is 0 Å². The molecule has 0 fully saturated rings. The third kappa shape index (κ3) is 5.84. The van der Waals surface area contributed by atoms with Crippen molar-refractivity contribution in [2.45, 2.75) is 46.2 Å². The molecule has 1 amide bonds. The molecular formula is C40H35ClN4O2S. The van der Waals surface area contributed by atoms with E-state index in [1.54, 1.807) is 4.57 Å². The van der Waals surface area contributed by atoms with Crippen LogP contribution in [0.5, 0.6) is 0 Å². The SMILES string of the molecule is CC1=C(C(=O)Nc2ccccc2)[C@@H](c2ccc(C(C)C)cc2)n2c(s/c(=C\c3c(C)n(Cc4ccc(Cl)cc4)c4ccccc34)c2=O)=N1. The van der Waals surface area contributed by atoms with Gasteiger partial charge in [0.05, 0.1) is 21.8 Å². The Balaban J connectivity index is 1.38. The van der Waals surface area contributed by atoms with Gasteiger partial charge < -0.3 is 9.88 Å². The van der Waals surface area contributed by atoms with Crippen LogP contribution in [0.15, 0.2) is 124 Å². The van der Waals surface area contributed by atoms with Gasteiger partial charge in [-0.05, 0) is 72.9 Å². The number of para-hydroxylation sites is 2. The lowest BCUT2D eigenvalue weighted by Gasteiger charge is -2.25. The summed E-state index contributed by atoms with van der Waals surface area (Å²) in [5.41, 5.74) is 7.84. The van der Waals surface area contributed by atoms with Crippen molar-refractivity contribution in [3.63, 3.8) is 0 Å². The van der Waals surface area contributed by atoms with Crippen molar-refractivity contribution in [2.24, 2.45) is 4.99 Å². The number of allylic oxidation sites excluding steroid dienone is 1. The molecule has 1 aliphatic heterocycles. The highest BCUT2D eigenvalue weighted by atomic mass is 35.5. The molecule has 0 aliphatic carbocycles. The summed E-state index contributed by atoms with van der Waals surface area (Å²) in [6.45, 7) is 8.91. The zero-order valence-corrected chi connectivity index (χ0v) is 28.8. The molecule has 240 valence electrons. The van der Waals surface area contributed by atoms with Gasteiger partial charge in [0, 0.05) is 39.4 Å². The molecule has 6 nitrogen and oxygen atoms in total. The molecule has 8 heteroatoms. The van der Waals surface area contributed by atoms with Gasteiger partial charge in [0.1, 0.15) is 0 Å². The molecule has 1 N–H and O–H groups in total. The van der Waals surface area contributed by atoms with Crippen molar-refractivity contribution in [2.75, 3.05) is 5.32 Å². The fraction of sp³-hybridized carbons (Fsp3) is 0.175. The van der Waals surface area contributed by atoms with Crippen LogP contribution in [0.4, 0.5) is 5.69 Å². The molecule has 0 unspecified atom stereocenters. The minimum absolute atomic E-state index is 0.178. The third-order valence-corrected chi connectivity index (χ3v) is 10.3. The number of hydrogen-bond acceptors (Lipinski definition) is 4. The predicted molar refractivity (Wildman–Crippen MR) is 197 cm³/mol. The summed E-state index contributed by atoms with van der Waals surface area (Å²) in [6, 6.07) is 33.1. The Morgan fingerprint density at radius 3 is 2.33 bits per heavy atom. The number of amides is 1. The maximum absolute atomic E-state index is 14.5. The van der Waals surface area contributed by atoms with E-state index in [0.29, 0.717) is 43.8 Å². The summed E-state index contributed by atoms with van der Waals surface area (Å²) < 4.78 is 4.53. The number of rotatable bonds is 7. The smallest absolute Gasteiger partial charge is 0.271 e. The van der Waals surface area contributed by atoms with Crippen LogP contribution in [0.2, 0.25) is 5.02 Å². The van der Waals surface area contributed by atoms with Crippen molar-refractivity contribution in [1.29, 1.82) is 0 Å². The van der Waals surface area contributed by atoms with Crippen LogP contribution in [-0.2, 0) is 11.3 Å². The Hall–Kier alpha value is -4.98. The van der Waals surface area contributed by atoms with Crippen LogP contribution in [0.3, 0.4) is 0 Å². The first-order valence-corrected chi connectivity index (χ1v) is 17.2. The number of aromatic nitrogens is 2. The van der Waals surface area contributed by atoms with Gasteiger partial charge in [-0.1, -0.05) is 110 Å². The number of thiazole rings is 1. The predicted octanol–water partition coefficient (Wildman–Crippen LogP) is 7.96. The van der Waals surface area contributed by atoms with E-state index in [-0.39, 0.29) is 11.5 Å². The fourth-order valence-corrected chi connectivity index (χ4v) is 7.61. The minimum atomic E-state index is -0.638. The van der Waals surface area contributed by atoms with Gasteiger partial charge in [-0.25, -0.2) is 4.99 Å². The van der Waals surface area contributed by atoms with Gasteiger partial charge in [0.15, 0.2) is 4.80 Å². The molecular weight excluding hydrogens is 636 g/mol. The zero-order valence-electron chi connectivity index (χ0n) is 27.2. The number of anilines is 1. The zero-order chi connectivity index (χ0) is 33.5. The molecule has 3 heterocycles. The molecule has 0 bridgehead atoms. The van der Waals surface area contributed by atoms with Crippen LogP contribution in [0.25, 0.3) is 17.0 Å². The van der Waals surface area contributed by atoms with Crippen molar-refractivity contribution in [1.82, 2.24) is 9.13 Å². The quantitative estimate of drug-likeness (QED) is 0.187. The molecule has 1 atom stereocenters. The standard InChI is InChI=1S/C40H35ClN4O2S/c1-24(2)28-16-18-29(19-17-28)37-36(38(46)43-31-10-6-5-7-11-31)25(3)42-40-45(37)39(47)35(48-40)22-33-26(4)44(34-13-9-8-12-32(33)34)23-27-14-20-30(41)21-15-27/h5-22,24,37H,23H2,1-4H3,(H,43,46)/b35-22-/t37-/m1/s1. The topological polar surface area (TPSA) is 68.4 Å². The van der Waals surface area contributed by atoms with Gasteiger partial charge in [0.2, 0.25) is 0 Å². The second-order valence-corrected chi connectivity index (χ2v) is 13.9. The number of carbonyl (C=O) groups is 1. The monoisotopic (exact) mass is 670 g/mol. The number of hydrogen-bond donors (Lipinski definition) is 1. The van der Waals surface area contributed by atoms with E-state index in [1.807, 2.05) is 91.9 Å². The van der Waals surface area contributed by atoms with Crippen molar-refractivity contribution >= 4 is 51.5 Å². The molecule has 0 saturated heterocycles. The largest absolute Gasteiger partial charge is 0.340 e. The van der Waals surface area contributed by atoms with E-state index in [9.17, 15) is 9.59 Å². The molecule has 7 rings (SSSR count). The molecule has 0 saturated carbocycles. The number of carbonyl (C=O) groups excluding carboxylic acids is 1. The number of fused-ring (bicyclic) bond motifs is 2. The summed E-state index contributed by atoms with van der Waals surface area (Å²) in [6.07, 6.45) is 1.99. The first-order chi connectivity index (χ1) is 23.2. The second kappa shape index (κ2) is 12.9. The van der Waals surface area contributed by atoms with E-state index in [0.717, 1.165) is 33.3 Å². The van der Waals surface area contributed by atoms with Crippen LogP contribution < -0.4 is 20.2 Å². The van der Waals surface area contributed by atoms with E-state index in [2.05, 4.69) is 54.9 Å². The normalized spacial score (nSPS) is 14.8. The Morgan fingerprint density at radius 2 is 1.62 bits per heavy atom. The molecule has 48 heavy (non-hydrogen) atoms. The van der Waals surface area contributed by atoms with Crippen molar-refractivity contribution < 1.29 is 4.79 Å². The minimum Gasteiger partial charge on any atom is -0.340 e. The first-order valence-electron chi connectivity index (χ1n) is 16.0. The Morgan fingerprint density at radius 1 is 0.938 bits per heavy atom. The fourth-order valence-electron chi connectivity index (χ4n) is 6.46. The summed E-state index contributed by atoms with van der Waals surface area (Å²) in [5, 5.41) is 4.80. The summed E-state index contributed by atoms with van der Waals surface area (Å²) in [7, 11) is 0. The lowest BCUT2D eigenvalue weighted by Crippen LogP contribution is -2.40. The molecule has 0 spiro atoms. The van der Waals surface area contributed by atoms with Crippen LogP contribution in [0, 0.1) is 6.92 Å². The average molecular weight is 671 g/mol. The van der Waals surface area contributed by atoms with E-state index in [4.69, 9.17) is 16.6 Å². The van der Waals surface area contributed by atoms with Crippen molar-refractivity contribution in [3.05, 3.63) is 167 Å². The number of nitrogens with zero attached hydrogens (tertiary/aromatic N) is 3. The van der Waals surface area contributed by atoms with E-state index < -0.39 is 6.04 Å². The maximum atomic E-state index is 14.5. The Kier molecular flexibility index (Phi) is 8.50. The number of benzene rings is 4. The Labute approximate surface area is 288 Å². The average Bonchev–Trinajstić information content (AvgIpc) is 3.53. The molecule has 6 aromatic rings. The van der Waals surface area contributed by atoms with Crippen LogP contribution >= 0.6 is 22.9 Å². The second-order valence-electron chi connectivity index (χ2n) is 12.5. The summed E-state index contributed by atoms with van der Waals surface area (Å²) >= 11 is 7.51. The highest BCUT2D eigenvalue weighted by Crippen LogP contribution is 2.32. The highest BCUT2D eigenvalue weighted by molar-refractivity contribution is 7.07. The lowest BCUT2D eigenvalue weighted by atomic mass is 9.93. The molecule has 2 aromatic heterocycles. The van der Waals surface area contributed by atoms with Gasteiger partial charge in [-0.2, -0.15) is 0 Å². The van der Waals surface area contributed by atoms with Crippen LogP contribution in [0.1, 0.15) is 60.7 Å². The number of halogens is 1. The first kappa shape index (κ1) is 31.6. The van der Waals surface area contributed by atoms with Crippen molar-refractivity contribution in [3.8, 4) is 0 Å². The summed E-state index contributed by atoms with van der Waals surface area (Å²) in [4.78, 5) is 33.9. The lowest BCUT2D eigenvalue weighted by molar-refractivity contribution is -0.113. The third-order valence-electron chi connectivity index (χ3n) is 9.03. The van der Waals surface area contributed by atoms with Gasteiger partial charge in [-0.15, -0.1) is 0 Å². The Bertz CT molecular complexity index is 2380. The molecule has 1 aliphatic rings. The highest BCUT2D eigenvalue weighted by Gasteiger charge is 2.32. The maximum Gasteiger partial charge on any atom is 0.271 e.